The molecule has 0 bridgehead atoms. The maximum Gasteiger partial charge on any atom is 0.0785 e. The largest absolute Gasteiger partial charge is 0.391 e. The fourth-order valence-electron chi connectivity index (χ4n) is 1.70. The van der Waals surface area contributed by atoms with Gasteiger partial charge in [-0.3, -0.25) is 0 Å². The van der Waals surface area contributed by atoms with Crippen molar-refractivity contribution in [3.05, 3.63) is 35.4 Å². The van der Waals surface area contributed by atoms with Crippen molar-refractivity contribution in [2.24, 2.45) is 0 Å². The van der Waals surface area contributed by atoms with Crippen LogP contribution in [0.15, 0.2) is 24.3 Å². The summed E-state index contributed by atoms with van der Waals surface area (Å²) in [6.45, 7) is 2.64. The van der Waals surface area contributed by atoms with E-state index in [-0.39, 0.29) is 6.10 Å². The molecule has 0 heterocycles. The molecule has 0 spiro atoms. The highest BCUT2D eigenvalue weighted by molar-refractivity contribution is 5.21. The number of benzene rings is 1. The van der Waals surface area contributed by atoms with Crippen LogP contribution in [0.4, 0.5) is 0 Å². The van der Waals surface area contributed by atoms with E-state index in [2.05, 4.69) is 29.6 Å². The van der Waals surface area contributed by atoms with Crippen molar-refractivity contribution in [2.45, 2.75) is 25.7 Å². The van der Waals surface area contributed by atoms with Crippen molar-refractivity contribution in [3.8, 4) is 0 Å². The number of hydrogen-bond donors (Lipinski definition) is 2. The van der Waals surface area contributed by atoms with Gasteiger partial charge in [0.15, 0.2) is 0 Å². The van der Waals surface area contributed by atoms with Gasteiger partial charge in [-0.05, 0) is 24.1 Å². The van der Waals surface area contributed by atoms with Gasteiger partial charge in [0.1, 0.15) is 0 Å². The molecule has 0 amide bonds. The van der Waals surface area contributed by atoms with E-state index < -0.39 is 0 Å². The van der Waals surface area contributed by atoms with Gasteiger partial charge in [-0.25, -0.2) is 0 Å². The first-order valence-electron chi connectivity index (χ1n) is 6.20. The predicted molar refractivity (Wildman–Crippen MR) is 71.4 cm³/mol. The Morgan fingerprint density at radius 1 is 1.11 bits per heavy atom. The number of aliphatic hydroxyl groups excluding tert-OH is 1. The number of ether oxygens (including phenoxy) is 2. The quantitative estimate of drug-likeness (QED) is 0.652. The van der Waals surface area contributed by atoms with Gasteiger partial charge in [0.25, 0.3) is 0 Å². The second-order valence-corrected chi connectivity index (χ2v) is 4.32. The van der Waals surface area contributed by atoms with Crippen molar-refractivity contribution >= 4 is 0 Å². The zero-order valence-corrected chi connectivity index (χ0v) is 11.2. The standard InChI is InChI=1S/C14H23NO3/c1-17-10-13-5-3-12(4-6-13)9-15-8-7-14(16)11-18-2/h3-6,14-16H,7-11H2,1-2H3. The Kier molecular flexibility index (Phi) is 7.60. The minimum Gasteiger partial charge on any atom is -0.391 e. The maximum absolute atomic E-state index is 9.46. The lowest BCUT2D eigenvalue weighted by Gasteiger charge is -2.10. The number of methoxy groups -OCH3 is 2. The summed E-state index contributed by atoms with van der Waals surface area (Å²) in [6.07, 6.45) is 0.321. The molecule has 18 heavy (non-hydrogen) atoms. The number of rotatable bonds is 9. The first-order chi connectivity index (χ1) is 8.76. The molecule has 0 aliphatic carbocycles. The monoisotopic (exact) mass is 253 g/mol. The molecule has 1 aromatic carbocycles. The van der Waals surface area contributed by atoms with Crippen LogP contribution in [0, 0.1) is 0 Å². The van der Waals surface area contributed by atoms with E-state index in [0.717, 1.165) is 13.1 Å². The van der Waals surface area contributed by atoms with Crippen LogP contribution < -0.4 is 5.32 Å². The van der Waals surface area contributed by atoms with Gasteiger partial charge >= 0.3 is 0 Å². The Morgan fingerprint density at radius 3 is 2.39 bits per heavy atom. The smallest absolute Gasteiger partial charge is 0.0785 e. The molecule has 0 saturated carbocycles. The van der Waals surface area contributed by atoms with Crippen LogP contribution in [-0.4, -0.2) is 38.6 Å². The van der Waals surface area contributed by atoms with Crippen LogP contribution in [0.2, 0.25) is 0 Å². The SMILES string of the molecule is COCc1ccc(CNCCC(O)COC)cc1. The molecular weight excluding hydrogens is 230 g/mol. The maximum atomic E-state index is 9.46. The minimum absolute atomic E-state index is 0.383. The van der Waals surface area contributed by atoms with Crippen molar-refractivity contribution in [3.63, 3.8) is 0 Å². The summed E-state index contributed by atoms with van der Waals surface area (Å²) in [6, 6.07) is 8.32. The summed E-state index contributed by atoms with van der Waals surface area (Å²) in [7, 11) is 3.29. The average Bonchev–Trinajstić information content (AvgIpc) is 2.37. The van der Waals surface area contributed by atoms with E-state index in [4.69, 9.17) is 9.47 Å². The molecule has 1 atom stereocenters. The molecule has 0 aliphatic heterocycles. The summed E-state index contributed by atoms with van der Waals surface area (Å²) >= 11 is 0. The molecule has 0 aliphatic rings. The van der Waals surface area contributed by atoms with Gasteiger partial charge in [0.05, 0.1) is 19.3 Å². The number of nitrogens with one attached hydrogen (secondary N) is 1. The van der Waals surface area contributed by atoms with Crippen LogP contribution in [0.1, 0.15) is 17.5 Å². The fraction of sp³-hybridized carbons (Fsp3) is 0.571. The third-order valence-electron chi connectivity index (χ3n) is 2.68. The summed E-state index contributed by atoms with van der Waals surface area (Å²) in [5, 5.41) is 12.8. The summed E-state index contributed by atoms with van der Waals surface area (Å²) < 4.78 is 9.93. The summed E-state index contributed by atoms with van der Waals surface area (Å²) in [5.74, 6) is 0. The van der Waals surface area contributed by atoms with Gasteiger partial charge in [-0.2, -0.15) is 0 Å². The van der Waals surface area contributed by atoms with E-state index in [1.165, 1.54) is 11.1 Å². The van der Waals surface area contributed by atoms with Gasteiger partial charge in [0.2, 0.25) is 0 Å². The third kappa shape index (κ3) is 6.12. The molecule has 1 rings (SSSR count). The zero-order chi connectivity index (χ0) is 13.2. The van der Waals surface area contributed by atoms with Crippen LogP contribution in [0.3, 0.4) is 0 Å². The zero-order valence-electron chi connectivity index (χ0n) is 11.2. The predicted octanol–water partition coefficient (Wildman–Crippen LogP) is 1.32. The van der Waals surface area contributed by atoms with E-state index in [0.29, 0.717) is 19.6 Å². The highest BCUT2D eigenvalue weighted by Gasteiger charge is 2.02. The Hall–Kier alpha value is -0.940. The molecule has 4 heteroatoms. The highest BCUT2D eigenvalue weighted by atomic mass is 16.5. The summed E-state index contributed by atoms with van der Waals surface area (Å²) in [5.41, 5.74) is 2.41. The van der Waals surface area contributed by atoms with Gasteiger partial charge in [-0.1, -0.05) is 24.3 Å². The minimum atomic E-state index is -0.383. The fourth-order valence-corrected chi connectivity index (χ4v) is 1.70. The van der Waals surface area contributed by atoms with Crippen molar-refractivity contribution in [1.29, 1.82) is 0 Å². The lowest BCUT2D eigenvalue weighted by Crippen LogP contribution is -2.23. The number of aliphatic hydroxyl groups is 1. The third-order valence-corrected chi connectivity index (χ3v) is 2.68. The van der Waals surface area contributed by atoms with Crippen molar-refractivity contribution in [1.82, 2.24) is 5.32 Å². The van der Waals surface area contributed by atoms with Crippen LogP contribution in [-0.2, 0) is 22.6 Å². The second-order valence-electron chi connectivity index (χ2n) is 4.32. The van der Waals surface area contributed by atoms with Crippen LogP contribution >= 0.6 is 0 Å². The van der Waals surface area contributed by atoms with Gasteiger partial charge in [0, 0.05) is 20.8 Å². The molecule has 0 aromatic heterocycles. The van der Waals surface area contributed by atoms with Crippen LogP contribution in [0.25, 0.3) is 0 Å². The van der Waals surface area contributed by atoms with E-state index in [9.17, 15) is 5.11 Å². The normalized spacial score (nSPS) is 12.6. The van der Waals surface area contributed by atoms with Gasteiger partial charge in [-0.15, -0.1) is 0 Å². The van der Waals surface area contributed by atoms with Gasteiger partial charge < -0.3 is 19.9 Å². The average molecular weight is 253 g/mol. The molecular formula is C14H23NO3. The molecule has 0 radical (unpaired) electrons. The Balaban J connectivity index is 2.19. The Labute approximate surface area is 109 Å². The molecule has 4 nitrogen and oxygen atoms in total. The Bertz CT molecular complexity index is 313. The molecule has 1 unspecified atom stereocenters. The summed E-state index contributed by atoms with van der Waals surface area (Å²) in [4.78, 5) is 0. The van der Waals surface area contributed by atoms with Crippen molar-refractivity contribution < 1.29 is 14.6 Å². The van der Waals surface area contributed by atoms with Crippen LogP contribution in [0.5, 0.6) is 0 Å². The topological polar surface area (TPSA) is 50.7 Å². The van der Waals surface area contributed by atoms with E-state index >= 15 is 0 Å². The first-order valence-corrected chi connectivity index (χ1v) is 6.20. The highest BCUT2D eigenvalue weighted by Crippen LogP contribution is 2.05. The van der Waals surface area contributed by atoms with Crippen molar-refractivity contribution in [2.75, 3.05) is 27.4 Å². The molecule has 1 aromatic rings. The molecule has 0 saturated heterocycles. The second kappa shape index (κ2) is 9.05. The molecule has 0 fully saturated rings. The van der Waals surface area contributed by atoms with E-state index in [1.54, 1.807) is 14.2 Å². The lowest BCUT2D eigenvalue weighted by atomic mass is 10.1. The first kappa shape index (κ1) is 15.1. The lowest BCUT2D eigenvalue weighted by molar-refractivity contribution is 0.0594. The Morgan fingerprint density at radius 2 is 1.78 bits per heavy atom. The van der Waals surface area contributed by atoms with E-state index in [1.807, 2.05) is 0 Å². The number of hydrogen-bond acceptors (Lipinski definition) is 4. The molecule has 102 valence electrons. The molecule has 2 N–H and O–H groups in total.